The lowest BCUT2D eigenvalue weighted by Gasteiger charge is -2.08. The highest BCUT2D eigenvalue weighted by atomic mass is 32.2. The molecular weight excluding hydrogens is 326 g/mol. The second-order valence-electron chi connectivity index (χ2n) is 5.17. The van der Waals surface area contributed by atoms with E-state index in [4.69, 9.17) is 9.47 Å². The van der Waals surface area contributed by atoms with Crippen LogP contribution in [-0.2, 0) is 11.3 Å². The average Bonchev–Trinajstić information content (AvgIpc) is 3.15. The third-order valence-electron chi connectivity index (χ3n) is 3.68. The van der Waals surface area contributed by atoms with Gasteiger partial charge in [0.05, 0.1) is 25.8 Å². The predicted octanol–water partition coefficient (Wildman–Crippen LogP) is 3.32. The number of nitrogens with one attached hydrogen (secondary N) is 1. The van der Waals surface area contributed by atoms with E-state index in [0.29, 0.717) is 24.5 Å². The molecule has 0 aliphatic carbocycles. The lowest BCUT2D eigenvalue weighted by atomic mass is 10.2. The van der Waals surface area contributed by atoms with Gasteiger partial charge in [0.1, 0.15) is 11.4 Å². The zero-order valence-electron chi connectivity index (χ0n) is 13.8. The number of methoxy groups -OCH3 is 1. The summed E-state index contributed by atoms with van der Waals surface area (Å²) in [6.07, 6.45) is 1.98. The monoisotopic (exact) mass is 345 g/mol. The molecule has 0 amide bonds. The maximum atomic E-state index is 11.9. The standard InChI is InChI=1S/C17H19N3O3S/c1-4-23-16(21)13-9-14-15(18-13)19-17(24-3)20(14)10-11-5-7-12(22-2)8-6-11/h5-9,18H,4,10H2,1-3H3. The Balaban J connectivity index is 1.96. The minimum atomic E-state index is -0.364. The molecular formula is C17H19N3O3S. The van der Waals surface area contributed by atoms with E-state index >= 15 is 0 Å². The van der Waals surface area contributed by atoms with Crippen LogP contribution in [0.25, 0.3) is 11.2 Å². The third kappa shape index (κ3) is 3.12. The average molecular weight is 345 g/mol. The molecule has 3 aromatic rings. The summed E-state index contributed by atoms with van der Waals surface area (Å²) in [4.78, 5) is 19.5. The molecule has 0 aliphatic heterocycles. The first kappa shape index (κ1) is 16.4. The number of thioether (sulfide) groups is 1. The second kappa shape index (κ2) is 7.00. The summed E-state index contributed by atoms with van der Waals surface area (Å²) in [5.41, 5.74) is 3.13. The molecule has 0 aliphatic rings. The topological polar surface area (TPSA) is 69.1 Å². The number of ether oxygens (including phenoxy) is 2. The van der Waals surface area contributed by atoms with Crippen LogP contribution >= 0.6 is 11.8 Å². The number of carbonyl (C=O) groups excluding carboxylic acids is 1. The van der Waals surface area contributed by atoms with Gasteiger partial charge in [-0.05, 0) is 36.9 Å². The van der Waals surface area contributed by atoms with Gasteiger partial charge in [0.25, 0.3) is 0 Å². The number of carbonyl (C=O) groups is 1. The number of nitrogens with zero attached hydrogens (tertiary/aromatic N) is 2. The van der Waals surface area contributed by atoms with Gasteiger partial charge >= 0.3 is 5.97 Å². The number of aromatic nitrogens is 3. The fraction of sp³-hybridized carbons (Fsp3) is 0.294. The van der Waals surface area contributed by atoms with Gasteiger partial charge in [0, 0.05) is 0 Å². The second-order valence-corrected chi connectivity index (χ2v) is 5.94. The zero-order chi connectivity index (χ0) is 17.1. The minimum Gasteiger partial charge on any atom is -0.497 e. The molecule has 0 fully saturated rings. The van der Waals surface area contributed by atoms with E-state index in [1.807, 2.05) is 30.5 Å². The molecule has 24 heavy (non-hydrogen) atoms. The molecule has 0 saturated carbocycles. The highest BCUT2D eigenvalue weighted by molar-refractivity contribution is 7.98. The fourth-order valence-electron chi connectivity index (χ4n) is 2.52. The van der Waals surface area contributed by atoms with E-state index in [2.05, 4.69) is 14.5 Å². The number of esters is 1. The number of benzene rings is 1. The van der Waals surface area contributed by atoms with E-state index < -0.39 is 0 Å². The van der Waals surface area contributed by atoms with Crippen molar-refractivity contribution in [2.24, 2.45) is 0 Å². The highest BCUT2D eigenvalue weighted by Crippen LogP contribution is 2.25. The lowest BCUT2D eigenvalue weighted by molar-refractivity contribution is 0.0520. The van der Waals surface area contributed by atoms with E-state index in [-0.39, 0.29) is 5.97 Å². The largest absolute Gasteiger partial charge is 0.497 e. The number of hydrogen-bond donors (Lipinski definition) is 1. The molecule has 0 spiro atoms. The maximum Gasteiger partial charge on any atom is 0.354 e. The number of hydrogen-bond acceptors (Lipinski definition) is 5. The Labute approximate surface area is 144 Å². The predicted molar refractivity (Wildman–Crippen MR) is 93.9 cm³/mol. The van der Waals surface area contributed by atoms with Crippen LogP contribution in [0.1, 0.15) is 23.0 Å². The third-order valence-corrected chi connectivity index (χ3v) is 4.36. The van der Waals surface area contributed by atoms with E-state index in [0.717, 1.165) is 22.0 Å². The number of H-pyrrole nitrogens is 1. The van der Waals surface area contributed by atoms with Gasteiger partial charge in [0.15, 0.2) is 10.8 Å². The molecule has 0 radical (unpaired) electrons. The summed E-state index contributed by atoms with van der Waals surface area (Å²) in [5.74, 6) is 0.461. The smallest absolute Gasteiger partial charge is 0.354 e. The number of fused-ring (bicyclic) bond motifs is 1. The van der Waals surface area contributed by atoms with Gasteiger partial charge in [-0.1, -0.05) is 23.9 Å². The zero-order valence-corrected chi connectivity index (χ0v) is 14.6. The van der Waals surface area contributed by atoms with Gasteiger partial charge in [-0.25, -0.2) is 9.78 Å². The lowest BCUT2D eigenvalue weighted by Crippen LogP contribution is -2.05. The first-order valence-electron chi connectivity index (χ1n) is 7.59. The van der Waals surface area contributed by atoms with Gasteiger partial charge in [-0.3, -0.25) is 0 Å². The molecule has 126 valence electrons. The summed E-state index contributed by atoms with van der Waals surface area (Å²) in [5, 5.41) is 0.891. The van der Waals surface area contributed by atoms with Crippen LogP contribution < -0.4 is 4.74 Å². The van der Waals surface area contributed by atoms with Crippen molar-refractivity contribution in [3.63, 3.8) is 0 Å². The molecule has 6 nitrogen and oxygen atoms in total. The first-order valence-corrected chi connectivity index (χ1v) is 8.82. The van der Waals surface area contributed by atoms with Crippen molar-refractivity contribution >= 4 is 28.9 Å². The van der Waals surface area contributed by atoms with Crippen LogP contribution in [0.4, 0.5) is 0 Å². The Kier molecular flexibility index (Phi) is 4.80. The Hall–Kier alpha value is -2.41. The summed E-state index contributed by atoms with van der Waals surface area (Å²) < 4.78 is 12.3. The Morgan fingerprint density at radius 1 is 1.33 bits per heavy atom. The van der Waals surface area contributed by atoms with Crippen molar-refractivity contribution in [1.82, 2.24) is 14.5 Å². The molecule has 3 rings (SSSR count). The first-order chi connectivity index (χ1) is 11.7. The number of imidazole rings is 1. The molecule has 0 unspecified atom stereocenters. The van der Waals surface area contributed by atoms with Crippen LogP contribution in [0.15, 0.2) is 35.5 Å². The van der Waals surface area contributed by atoms with Crippen molar-refractivity contribution in [2.75, 3.05) is 20.0 Å². The van der Waals surface area contributed by atoms with Crippen molar-refractivity contribution in [3.05, 3.63) is 41.6 Å². The molecule has 0 atom stereocenters. The van der Waals surface area contributed by atoms with Crippen LogP contribution in [0, 0.1) is 0 Å². The SMILES string of the molecule is CCOC(=O)c1cc2c(nc(SC)n2Cc2ccc(OC)cc2)[nH]1. The summed E-state index contributed by atoms with van der Waals surface area (Å²) in [7, 11) is 1.65. The summed E-state index contributed by atoms with van der Waals surface area (Å²) in [6, 6.07) is 9.71. The van der Waals surface area contributed by atoms with Crippen LogP contribution in [0.5, 0.6) is 5.75 Å². The van der Waals surface area contributed by atoms with Gasteiger partial charge < -0.3 is 19.0 Å². The van der Waals surface area contributed by atoms with Crippen LogP contribution in [0.3, 0.4) is 0 Å². The fourth-order valence-corrected chi connectivity index (χ4v) is 3.09. The maximum absolute atomic E-state index is 11.9. The molecule has 1 N–H and O–H groups in total. The van der Waals surface area contributed by atoms with Gasteiger partial charge in [-0.2, -0.15) is 0 Å². The number of rotatable bonds is 6. The Morgan fingerprint density at radius 2 is 2.08 bits per heavy atom. The van der Waals surface area contributed by atoms with Crippen molar-refractivity contribution in [3.8, 4) is 5.75 Å². The molecule has 2 aromatic heterocycles. The summed E-state index contributed by atoms with van der Waals surface area (Å²) >= 11 is 1.57. The quantitative estimate of drug-likeness (QED) is 0.548. The molecule has 0 bridgehead atoms. The van der Waals surface area contributed by atoms with Crippen molar-refractivity contribution in [1.29, 1.82) is 0 Å². The van der Waals surface area contributed by atoms with E-state index in [1.54, 1.807) is 31.9 Å². The van der Waals surface area contributed by atoms with Crippen molar-refractivity contribution in [2.45, 2.75) is 18.6 Å². The normalized spacial score (nSPS) is 11.0. The molecule has 7 heteroatoms. The highest BCUT2D eigenvalue weighted by Gasteiger charge is 2.17. The number of aromatic amines is 1. The van der Waals surface area contributed by atoms with Crippen LogP contribution in [-0.4, -0.2) is 40.5 Å². The van der Waals surface area contributed by atoms with Gasteiger partial charge in [-0.15, -0.1) is 0 Å². The van der Waals surface area contributed by atoms with E-state index in [9.17, 15) is 4.79 Å². The molecule has 2 heterocycles. The molecule has 0 saturated heterocycles. The Morgan fingerprint density at radius 3 is 2.71 bits per heavy atom. The minimum absolute atomic E-state index is 0.345. The Bertz CT molecular complexity index is 852. The summed E-state index contributed by atoms with van der Waals surface area (Å²) in [6.45, 7) is 2.79. The van der Waals surface area contributed by atoms with Crippen LogP contribution in [0.2, 0.25) is 0 Å². The molecule has 1 aromatic carbocycles. The van der Waals surface area contributed by atoms with E-state index in [1.165, 1.54) is 0 Å². The van der Waals surface area contributed by atoms with Crippen molar-refractivity contribution < 1.29 is 14.3 Å². The van der Waals surface area contributed by atoms with Gasteiger partial charge in [0.2, 0.25) is 0 Å².